The second kappa shape index (κ2) is 10.2. The summed E-state index contributed by atoms with van der Waals surface area (Å²) in [5.74, 6) is -0.445. The van der Waals surface area contributed by atoms with E-state index in [-0.39, 0.29) is 12.2 Å². The number of thiazole rings is 1. The third-order valence-corrected chi connectivity index (χ3v) is 6.93. The third kappa shape index (κ3) is 4.48. The number of allylic oxidation sites excluding steroid dienone is 1. The van der Waals surface area contributed by atoms with Crippen molar-refractivity contribution in [1.29, 1.82) is 0 Å². The van der Waals surface area contributed by atoms with E-state index >= 15 is 0 Å². The van der Waals surface area contributed by atoms with Gasteiger partial charge in [-0.25, -0.2) is 9.79 Å². The fourth-order valence-corrected chi connectivity index (χ4v) is 5.31. The maximum absolute atomic E-state index is 13.6. The molecule has 0 radical (unpaired) electrons. The minimum absolute atomic E-state index is 0.167. The number of benzene rings is 2. The lowest BCUT2D eigenvalue weighted by molar-refractivity contribution is -0.139. The Hall–Kier alpha value is -3.45. The van der Waals surface area contributed by atoms with Gasteiger partial charge in [-0.1, -0.05) is 53.8 Å². The summed E-state index contributed by atoms with van der Waals surface area (Å²) in [5.41, 5.74) is 3.75. The molecule has 176 valence electrons. The van der Waals surface area contributed by atoms with E-state index in [1.165, 1.54) is 11.3 Å². The van der Waals surface area contributed by atoms with Crippen LogP contribution in [-0.2, 0) is 9.53 Å². The standard InChI is InChI=1S/C27H29N3O3S/c1-5-29(6-2)21-15-13-19(14-16-21)17-22-25(31)30-24(20-11-9-8-10-12-20)23(26(32)33-7-3)18(4)28-27(30)34-22/h8-17,24H,5-7H2,1-4H3/b22-17+/t24-/m1/s1. The number of rotatable bonds is 7. The average molecular weight is 476 g/mol. The summed E-state index contributed by atoms with van der Waals surface area (Å²) < 4.78 is 7.53. The van der Waals surface area contributed by atoms with Crippen molar-refractivity contribution in [1.82, 2.24) is 4.57 Å². The summed E-state index contributed by atoms with van der Waals surface area (Å²) in [6.07, 6.45) is 1.89. The van der Waals surface area contributed by atoms with Crippen molar-refractivity contribution in [2.75, 3.05) is 24.6 Å². The zero-order valence-electron chi connectivity index (χ0n) is 19.9. The molecule has 0 N–H and O–H groups in total. The Labute approximate surface area is 203 Å². The summed E-state index contributed by atoms with van der Waals surface area (Å²) in [6, 6.07) is 17.2. The van der Waals surface area contributed by atoms with E-state index < -0.39 is 12.0 Å². The highest BCUT2D eigenvalue weighted by molar-refractivity contribution is 7.07. The molecule has 6 nitrogen and oxygen atoms in total. The van der Waals surface area contributed by atoms with E-state index in [9.17, 15) is 9.59 Å². The van der Waals surface area contributed by atoms with Crippen LogP contribution in [0, 0.1) is 0 Å². The van der Waals surface area contributed by atoms with Crippen LogP contribution in [0.3, 0.4) is 0 Å². The molecule has 3 aromatic rings. The van der Waals surface area contributed by atoms with Crippen LogP contribution in [0.25, 0.3) is 6.08 Å². The van der Waals surface area contributed by atoms with Crippen molar-refractivity contribution in [2.45, 2.75) is 33.7 Å². The van der Waals surface area contributed by atoms with Crippen molar-refractivity contribution in [3.05, 3.63) is 96.7 Å². The normalized spacial score (nSPS) is 15.6. The monoisotopic (exact) mass is 475 g/mol. The Balaban J connectivity index is 1.84. The topological polar surface area (TPSA) is 63.9 Å². The predicted molar refractivity (Wildman–Crippen MR) is 137 cm³/mol. The lowest BCUT2D eigenvalue weighted by Gasteiger charge is -2.24. The van der Waals surface area contributed by atoms with Crippen molar-refractivity contribution in [3.63, 3.8) is 0 Å². The molecule has 1 aliphatic heterocycles. The molecule has 0 amide bonds. The molecule has 1 aliphatic rings. The Kier molecular flexibility index (Phi) is 7.12. The van der Waals surface area contributed by atoms with Crippen LogP contribution in [0.2, 0.25) is 0 Å². The highest BCUT2D eigenvalue weighted by atomic mass is 32.1. The molecule has 0 bridgehead atoms. The van der Waals surface area contributed by atoms with E-state index in [1.807, 2.05) is 48.5 Å². The van der Waals surface area contributed by atoms with Gasteiger partial charge in [0.25, 0.3) is 5.56 Å². The van der Waals surface area contributed by atoms with E-state index in [1.54, 1.807) is 18.4 Å². The number of carbonyl (C=O) groups is 1. The number of aromatic nitrogens is 1. The third-order valence-electron chi connectivity index (χ3n) is 5.95. The quantitative estimate of drug-likeness (QED) is 0.490. The second-order valence-electron chi connectivity index (χ2n) is 7.98. The fourth-order valence-electron chi connectivity index (χ4n) is 4.26. The van der Waals surface area contributed by atoms with E-state index in [4.69, 9.17) is 4.74 Å². The molecule has 2 aromatic carbocycles. The van der Waals surface area contributed by atoms with Gasteiger partial charge in [0, 0.05) is 18.8 Å². The van der Waals surface area contributed by atoms with Crippen molar-refractivity contribution < 1.29 is 9.53 Å². The molecule has 0 fully saturated rings. The number of ether oxygens (including phenoxy) is 1. The van der Waals surface area contributed by atoms with Gasteiger partial charge < -0.3 is 9.64 Å². The largest absolute Gasteiger partial charge is 0.463 e. The fraction of sp³-hybridized carbons (Fsp3) is 0.296. The summed E-state index contributed by atoms with van der Waals surface area (Å²) >= 11 is 1.34. The van der Waals surface area contributed by atoms with E-state index in [2.05, 4.69) is 35.9 Å². The Morgan fingerprint density at radius 3 is 2.38 bits per heavy atom. The highest BCUT2D eigenvalue weighted by Gasteiger charge is 2.33. The molecule has 4 rings (SSSR count). The molecule has 2 heterocycles. The van der Waals surface area contributed by atoms with Gasteiger partial charge in [0.05, 0.1) is 28.5 Å². The van der Waals surface area contributed by atoms with Crippen LogP contribution in [0.4, 0.5) is 5.69 Å². The molecule has 7 heteroatoms. The molecule has 0 saturated carbocycles. The van der Waals surface area contributed by atoms with E-state index in [0.717, 1.165) is 29.9 Å². The molecule has 1 atom stereocenters. The maximum Gasteiger partial charge on any atom is 0.338 e. The van der Waals surface area contributed by atoms with Gasteiger partial charge in [-0.3, -0.25) is 9.36 Å². The molecule has 1 aromatic heterocycles. The lowest BCUT2D eigenvalue weighted by atomic mass is 9.96. The maximum atomic E-state index is 13.6. The van der Waals surface area contributed by atoms with Crippen molar-refractivity contribution in [3.8, 4) is 0 Å². The number of esters is 1. The van der Waals surface area contributed by atoms with Gasteiger partial charge >= 0.3 is 5.97 Å². The summed E-state index contributed by atoms with van der Waals surface area (Å²) in [4.78, 5) is 34.0. The van der Waals surface area contributed by atoms with Crippen LogP contribution >= 0.6 is 11.3 Å². The van der Waals surface area contributed by atoms with Crippen LogP contribution < -0.4 is 19.8 Å². The number of hydrogen-bond acceptors (Lipinski definition) is 6. The summed E-state index contributed by atoms with van der Waals surface area (Å²) in [7, 11) is 0. The van der Waals surface area contributed by atoms with Gasteiger partial charge in [0.2, 0.25) is 0 Å². The second-order valence-corrected chi connectivity index (χ2v) is 8.99. The smallest absolute Gasteiger partial charge is 0.338 e. The minimum atomic E-state index is -0.580. The van der Waals surface area contributed by atoms with Gasteiger partial charge in [-0.05, 0) is 57.0 Å². The first-order valence-corrected chi connectivity index (χ1v) is 12.4. The number of carbonyl (C=O) groups excluding carboxylic acids is 1. The summed E-state index contributed by atoms with van der Waals surface area (Å²) in [6.45, 7) is 9.97. The molecule has 0 saturated heterocycles. The number of anilines is 1. The first-order chi connectivity index (χ1) is 16.5. The van der Waals surface area contributed by atoms with Gasteiger partial charge in [0.1, 0.15) is 0 Å². The molecule has 0 unspecified atom stereocenters. The lowest BCUT2D eigenvalue weighted by Crippen LogP contribution is -2.39. The van der Waals surface area contributed by atoms with Gasteiger partial charge in [-0.15, -0.1) is 0 Å². The first kappa shape index (κ1) is 23.7. The van der Waals surface area contributed by atoms with Crippen LogP contribution in [0.5, 0.6) is 0 Å². The SMILES string of the molecule is CCOC(=O)C1=C(C)N=c2s/c(=C/c3ccc(N(CC)CC)cc3)c(=O)n2[C@@H]1c1ccccc1. The molecular formula is C27H29N3O3S. The minimum Gasteiger partial charge on any atom is -0.463 e. The molecule has 34 heavy (non-hydrogen) atoms. The number of fused-ring (bicyclic) bond motifs is 1. The van der Waals surface area contributed by atoms with Crippen molar-refractivity contribution >= 4 is 29.1 Å². The zero-order valence-corrected chi connectivity index (χ0v) is 20.8. The Morgan fingerprint density at radius 1 is 1.09 bits per heavy atom. The molecule has 0 aliphatic carbocycles. The van der Waals surface area contributed by atoms with Gasteiger partial charge in [-0.2, -0.15) is 0 Å². The summed E-state index contributed by atoms with van der Waals surface area (Å²) in [5, 5.41) is 0. The zero-order chi connectivity index (χ0) is 24.2. The van der Waals surface area contributed by atoms with Crippen LogP contribution in [-0.4, -0.2) is 30.2 Å². The predicted octanol–water partition coefficient (Wildman–Crippen LogP) is 3.64. The van der Waals surface area contributed by atoms with Gasteiger partial charge in [0.15, 0.2) is 4.80 Å². The number of hydrogen-bond donors (Lipinski definition) is 0. The molecular weight excluding hydrogens is 446 g/mol. The highest BCUT2D eigenvalue weighted by Crippen LogP contribution is 2.30. The first-order valence-electron chi connectivity index (χ1n) is 11.6. The van der Waals surface area contributed by atoms with Crippen LogP contribution in [0.15, 0.2) is 75.7 Å². The van der Waals surface area contributed by atoms with E-state index in [0.29, 0.717) is 20.6 Å². The molecule has 0 spiro atoms. The average Bonchev–Trinajstić information content (AvgIpc) is 3.15. The Morgan fingerprint density at radius 2 is 1.76 bits per heavy atom. The van der Waals surface area contributed by atoms with Crippen LogP contribution in [0.1, 0.15) is 44.9 Å². The van der Waals surface area contributed by atoms with Crippen molar-refractivity contribution in [2.24, 2.45) is 4.99 Å². The number of nitrogens with zero attached hydrogens (tertiary/aromatic N) is 3. The Bertz CT molecular complexity index is 1380.